The van der Waals surface area contributed by atoms with Crippen molar-refractivity contribution in [1.29, 1.82) is 5.26 Å². The Hall–Kier alpha value is 0.310. The fourth-order valence-corrected chi connectivity index (χ4v) is 3.14. The molecule has 0 radical (unpaired) electrons. The fourth-order valence-electron chi connectivity index (χ4n) is 0.931. The minimum absolute atomic E-state index is 0.104. The molecule has 0 aliphatic carbocycles. The smallest absolute Gasteiger partial charge is 0.190 e. The molecule has 92 valence electrons. The Morgan fingerprint density at radius 3 is 1.76 bits per heavy atom. The average Bonchev–Trinajstić information content (AvgIpc) is 2.34. The number of rotatable bonds is 3. The summed E-state index contributed by atoms with van der Waals surface area (Å²) < 4.78 is 1.38. The van der Waals surface area contributed by atoms with Crippen molar-refractivity contribution in [1.82, 2.24) is 4.31 Å². The van der Waals surface area contributed by atoms with Crippen molar-refractivity contribution < 1.29 is 0 Å². The summed E-state index contributed by atoms with van der Waals surface area (Å²) in [6, 6.07) is 0. The zero-order valence-corrected chi connectivity index (χ0v) is 13.0. The third-order valence-corrected chi connectivity index (χ3v) is 5.42. The van der Waals surface area contributed by atoms with Crippen molar-refractivity contribution in [2.24, 2.45) is 0 Å². The lowest BCUT2D eigenvalue weighted by Gasteiger charge is -2.16. The number of benzene rings is 1. The molecular weight excluding hydrogens is 345 g/mol. The molecule has 1 rings (SSSR count). The molecule has 0 aliphatic heterocycles. The predicted molar refractivity (Wildman–Crippen MR) is 75.3 cm³/mol. The van der Waals surface area contributed by atoms with E-state index in [2.05, 4.69) is 0 Å². The normalized spacial score (nSPS) is 10.2. The second-order valence-electron chi connectivity index (χ2n) is 2.79. The molecule has 0 atom stereocenters. The summed E-state index contributed by atoms with van der Waals surface area (Å²) in [5.74, 6) is 0. The number of halogens is 5. The summed E-state index contributed by atoms with van der Waals surface area (Å²) in [5, 5.41) is 9.56. The standard InChI is InChI=1S/C9H5Cl5N2S/c1-2-16(3-15)17-9-7(13)5(11)4(10)6(12)8(9)14/h2H2,1H3. The van der Waals surface area contributed by atoms with E-state index in [4.69, 9.17) is 63.3 Å². The first kappa shape index (κ1) is 15.4. The first-order chi connectivity index (χ1) is 7.93. The highest BCUT2D eigenvalue weighted by Crippen LogP contribution is 2.48. The van der Waals surface area contributed by atoms with E-state index in [1.165, 1.54) is 4.31 Å². The molecule has 0 saturated carbocycles. The van der Waals surface area contributed by atoms with Gasteiger partial charge in [0, 0.05) is 18.5 Å². The van der Waals surface area contributed by atoms with Crippen molar-refractivity contribution in [2.45, 2.75) is 11.8 Å². The summed E-state index contributed by atoms with van der Waals surface area (Å²) in [6.07, 6.45) is 1.97. The molecule has 0 N–H and O–H groups in total. The van der Waals surface area contributed by atoms with Gasteiger partial charge in [-0.3, -0.25) is 0 Å². The van der Waals surface area contributed by atoms with Gasteiger partial charge < -0.3 is 0 Å². The molecule has 0 heterocycles. The Morgan fingerprint density at radius 1 is 1.00 bits per heavy atom. The summed E-state index contributed by atoms with van der Waals surface area (Å²) >= 11 is 30.8. The van der Waals surface area contributed by atoms with Crippen LogP contribution in [0.4, 0.5) is 0 Å². The zero-order chi connectivity index (χ0) is 13.2. The number of hydrogen-bond acceptors (Lipinski definition) is 3. The van der Waals surface area contributed by atoms with E-state index in [0.717, 1.165) is 11.9 Å². The molecule has 17 heavy (non-hydrogen) atoms. The van der Waals surface area contributed by atoms with Crippen molar-refractivity contribution in [2.75, 3.05) is 6.54 Å². The van der Waals surface area contributed by atoms with Crippen LogP contribution in [0, 0.1) is 11.5 Å². The number of nitriles is 1. The van der Waals surface area contributed by atoms with Crippen LogP contribution < -0.4 is 0 Å². The molecule has 0 unspecified atom stereocenters. The Balaban J connectivity index is 3.30. The first-order valence-corrected chi connectivity index (χ1v) is 6.97. The van der Waals surface area contributed by atoms with Gasteiger partial charge in [-0.2, -0.15) is 5.26 Å². The molecule has 0 bridgehead atoms. The van der Waals surface area contributed by atoms with Crippen molar-refractivity contribution in [3.05, 3.63) is 25.1 Å². The maximum absolute atomic E-state index is 8.84. The van der Waals surface area contributed by atoms with E-state index in [1.807, 2.05) is 13.1 Å². The second-order valence-corrected chi connectivity index (χ2v) is 5.71. The van der Waals surface area contributed by atoms with Gasteiger partial charge in [0.15, 0.2) is 6.19 Å². The molecule has 0 aromatic heterocycles. The molecule has 0 aliphatic rings. The van der Waals surface area contributed by atoms with Gasteiger partial charge in [-0.25, -0.2) is 4.31 Å². The topological polar surface area (TPSA) is 27.0 Å². The van der Waals surface area contributed by atoms with Crippen molar-refractivity contribution in [3.8, 4) is 6.19 Å². The van der Waals surface area contributed by atoms with Crippen LogP contribution in [0.5, 0.6) is 0 Å². The van der Waals surface area contributed by atoms with E-state index < -0.39 is 0 Å². The van der Waals surface area contributed by atoms with E-state index in [-0.39, 0.29) is 25.1 Å². The van der Waals surface area contributed by atoms with Crippen LogP contribution in [-0.4, -0.2) is 10.8 Å². The maximum Gasteiger partial charge on any atom is 0.190 e. The summed E-state index contributed by atoms with van der Waals surface area (Å²) in [5.41, 5.74) is 0. The van der Waals surface area contributed by atoms with Crippen LogP contribution in [0.2, 0.25) is 25.1 Å². The summed E-state index contributed by atoms with van der Waals surface area (Å²) in [7, 11) is 0. The van der Waals surface area contributed by atoms with Gasteiger partial charge in [0.25, 0.3) is 0 Å². The molecule has 0 saturated heterocycles. The summed E-state index contributed by atoms with van der Waals surface area (Å²) in [6.45, 7) is 2.31. The van der Waals surface area contributed by atoms with Gasteiger partial charge in [-0.05, 0) is 6.92 Å². The van der Waals surface area contributed by atoms with Gasteiger partial charge >= 0.3 is 0 Å². The largest absolute Gasteiger partial charge is 0.249 e. The highest BCUT2D eigenvalue weighted by Gasteiger charge is 2.21. The first-order valence-electron chi connectivity index (χ1n) is 4.30. The monoisotopic (exact) mass is 348 g/mol. The molecule has 0 amide bonds. The van der Waals surface area contributed by atoms with Gasteiger partial charge in [0.05, 0.1) is 30.0 Å². The van der Waals surface area contributed by atoms with Crippen molar-refractivity contribution in [3.63, 3.8) is 0 Å². The van der Waals surface area contributed by atoms with Crippen LogP contribution in [-0.2, 0) is 0 Å². The minimum atomic E-state index is 0.104. The van der Waals surface area contributed by atoms with Crippen LogP contribution >= 0.6 is 70.0 Å². The Labute approximate surface area is 128 Å². The molecule has 1 aromatic carbocycles. The third-order valence-electron chi connectivity index (χ3n) is 1.77. The average molecular weight is 350 g/mol. The van der Waals surface area contributed by atoms with Crippen molar-refractivity contribution >= 4 is 70.0 Å². The highest BCUT2D eigenvalue weighted by molar-refractivity contribution is 7.97. The number of nitrogens with zero attached hydrogens (tertiary/aromatic N) is 2. The van der Waals surface area contributed by atoms with Gasteiger partial charge in [0.1, 0.15) is 0 Å². The number of hydrogen-bond donors (Lipinski definition) is 0. The molecule has 0 spiro atoms. The molecular formula is C9H5Cl5N2S. The molecule has 0 fully saturated rings. The quantitative estimate of drug-likeness (QED) is 0.228. The lowest BCUT2D eigenvalue weighted by Crippen LogP contribution is -2.06. The van der Waals surface area contributed by atoms with Crippen LogP contribution in [0.3, 0.4) is 0 Å². The maximum atomic E-state index is 8.84. The van der Waals surface area contributed by atoms with Gasteiger partial charge in [0.2, 0.25) is 0 Å². The summed E-state index contributed by atoms with van der Waals surface area (Å²) in [4.78, 5) is 0.413. The molecule has 8 heteroatoms. The molecule has 1 aromatic rings. The van der Waals surface area contributed by atoms with Crippen LogP contribution in [0.15, 0.2) is 4.90 Å². The van der Waals surface area contributed by atoms with Crippen LogP contribution in [0.25, 0.3) is 0 Å². The second kappa shape index (κ2) is 6.47. The Bertz CT molecular complexity index is 456. The van der Waals surface area contributed by atoms with Crippen LogP contribution in [0.1, 0.15) is 6.92 Å². The third kappa shape index (κ3) is 3.20. The SMILES string of the molecule is CCN(C#N)Sc1c(Cl)c(Cl)c(Cl)c(Cl)c1Cl. The van der Waals surface area contributed by atoms with E-state index in [0.29, 0.717) is 11.4 Å². The molecule has 2 nitrogen and oxygen atoms in total. The minimum Gasteiger partial charge on any atom is -0.249 e. The zero-order valence-electron chi connectivity index (χ0n) is 8.40. The Morgan fingerprint density at radius 2 is 1.41 bits per heavy atom. The lowest BCUT2D eigenvalue weighted by atomic mass is 10.3. The van der Waals surface area contributed by atoms with Gasteiger partial charge in [-0.1, -0.05) is 58.0 Å². The van der Waals surface area contributed by atoms with E-state index in [1.54, 1.807) is 0 Å². The highest BCUT2D eigenvalue weighted by atomic mass is 35.5. The fraction of sp³-hybridized carbons (Fsp3) is 0.222. The lowest BCUT2D eigenvalue weighted by molar-refractivity contribution is 0.679. The van der Waals surface area contributed by atoms with Gasteiger partial charge in [-0.15, -0.1) is 0 Å². The Kier molecular flexibility index (Phi) is 5.85. The van der Waals surface area contributed by atoms with E-state index in [9.17, 15) is 0 Å². The van der Waals surface area contributed by atoms with E-state index >= 15 is 0 Å². The predicted octanol–water partition coefficient (Wildman–Crippen LogP) is 5.76.